The number of ether oxygens (including phenoxy) is 2. The van der Waals surface area contributed by atoms with Crippen LogP contribution in [0.25, 0.3) is 11.1 Å². The fourth-order valence-electron chi connectivity index (χ4n) is 3.02. The van der Waals surface area contributed by atoms with Gasteiger partial charge in [-0.25, -0.2) is 4.79 Å². The van der Waals surface area contributed by atoms with Crippen LogP contribution in [0.15, 0.2) is 16.5 Å². The molecule has 0 aliphatic carbocycles. The number of fused-ring (bicyclic) bond motifs is 1. The number of esters is 1. The maximum atomic E-state index is 12.2. The summed E-state index contributed by atoms with van der Waals surface area (Å²) in [4.78, 5) is 18.9. The van der Waals surface area contributed by atoms with Crippen molar-refractivity contribution in [3.8, 4) is 0 Å². The van der Waals surface area contributed by atoms with Gasteiger partial charge in [0.15, 0.2) is 5.58 Å². The first-order valence-corrected chi connectivity index (χ1v) is 8.80. The van der Waals surface area contributed by atoms with Crippen LogP contribution in [0.5, 0.6) is 0 Å². The number of hydrogen-bond donors (Lipinski definition) is 0. The Hall–Kier alpha value is -1.79. The smallest absolute Gasteiger partial charge is 0.340 e. The van der Waals surface area contributed by atoms with Crippen molar-refractivity contribution in [1.82, 2.24) is 4.98 Å². The van der Waals surface area contributed by atoms with Crippen LogP contribution in [-0.2, 0) is 9.47 Å². The molecule has 1 unspecified atom stereocenters. The number of morpholine rings is 1. The number of nitrogens with zero attached hydrogens (tertiary/aromatic N) is 2. The molecule has 0 radical (unpaired) electrons. The normalized spacial score (nSPS) is 18.6. The van der Waals surface area contributed by atoms with Gasteiger partial charge in [-0.3, -0.25) is 0 Å². The molecular weight excluding hydrogens is 344 g/mol. The summed E-state index contributed by atoms with van der Waals surface area (Å²) < 4.78 is 16.7. The van der Waals surface area contributed by atoms with E-state index in [-0.39, 0.29) is 18.1 Å². The molecule has 136 valence electrons. The lowest BCUT2D eigenvalue weighted by atomic mass is 9.85. The zero-order valence-corrected chi connectivity index (χ0v) is 15.7. The predicted octanol–water partition coefficient (Wildman–Crippen LogP) is 3.91. The molecule has 2 aromatic rings. The summed E-state index contributed by atoms with van der Waals surface area (Å²) in [5, 5.41) is 0.410. The van der Waals surface area contributed by atoms with Crippen LogP contribution in [0.2, 0.25) is 5.02 Å². The van der Waals surface area contributed by atoms with Gasteiger partial charge < -0.3 is 18.8 Å². The Bertz CT molecular complexity index is 781. The first-order chi connectivity index (χ1) is 11.8. The van der Waals surface area contributed by atoms with E-state index in [9.17, 15) is 4.79 Å². The molecular formula is C18H23ClN2O4. The monoisotopic (exact) mass is 366 g/mol. The van der Waals surface area contributed by atoms with Crippen LogP contribution in [0.4, 0.5) is 6.01 Å². The number of carbonyl (C=O) groups is 1. The van der Waals surface area contributed by atoms with E-state index in [1.54, 1.807) is 19.1 Å². The number of hydrogen-bond acceptors (Lipinski definition) is 6. The number of carbonyl (C=O) groups excluding carboxylic acids is 1. The topological polar surface area (TPSA) is 64.8 Å². The molecule has 0 N–H and O–H groups in total. The van der Waals surface area contributed by atoms with E-state index in [0.717, 1.165) is 0 Å². The second kappa shape index (κ2) is 6.84. The van der Waals surface area contributed by atoms with Crippen molar-refractivity contribution in [2.45, 2.75) is 33.7 Å². The fourth-order valence-corrected chi connectivity index (χ4v) is 3.23. The molecule has 1 aromatic carbocycles. The van der Waals surface area contributed by atoms with E-state index in [4.69, 9.17) is 25.5 Å². The minimum atomic E-state index is -0.454. The summed E-state index contributed by atoms with van der Waals surface area (Å²) in [6.45, 7) is 10.4. The van der Waals surface area contributed by atoms with E-state index >= 15 is 0 Å². The Morgan fingerprint density at radius 2 is 2.20 bits per heavy atom. The molecule has 0 bridgehead atoms. The fraction of sp³-hybridized carbons (Fsp3) is 0.556. The quantitative estimate of drug-likeness (QED) is 0.767. The second-order valence-corrected chi connectivity index (χ2v) is 7.60. The lowest BCUT2D eigenvalue weighted by Gasteiger charge is -2.42. The Balaban J connectivity index is 2.06. The molecule has 1 aliphatic rings. The average Bonchev–Trinajstić information content (AvgIpc) is 2.97. The van der Waals surface area contributed by atoms with Gasteiger partial charge in [-0.05, 0) is 18.4 Å². The summed E-state index contributed by atoms with van der Waals surface area (Å²) in [5.41, 5.74) is 1.25. The lowest BCUT2D eigenvalue weighted by Crippen LogP contribution is -2.52. The highest BCUT2D eigenvalue weighted by molar-refractivity contribution is 6.31. The van der Waals surface area contributed by atoms with Crippen LogP contribution >= 0.6 is 11.6 Å². The first-order valence-electron chi connectivity index (χ1n) is 8.43. The van der Waals surface area contributed by atoms with Gasteiger partial charge >= 0.3 is 5.97 Å². The molecule has 1 aliphatic heterocycles. The third-order valence-electron chi connectivity index (χ3n) is 4.32. The van der Waals surface area contributed by atoms with Crippen LogP contribution in [0.3, 0.4) is 0 Å². The van der Waals surface area contributed by atoms with Crippen molar-refractivity contribution in [3.05, 3.63) is 22.7 Å². The van der Waals surface area contributed by atoms with E-state index in [1.807, 2.05) is 0 Å². The third kappa shape index (κ3) is 3.60. The minimum absolute atomic E-state index is 0.0112. The molecule has 1 saturated heterocycles. The zero-order valence-electron chi connectivity index (χ0n) is 15.0. The predicted molar refractivity (Wildman–Crippen MR) is 96.4 cm³/mol. The van der Waals surface area contributed by atoms with Crippen LogP contribution in [0.1, 0.15) is 38.1 Å². The maximum Gasteiger partial charge on any atom is 0.340 e. The summed E-state index contributed by atoms with van der Waals surface area (Å²) in [6, 6.07) is 3.83. The Kier molecular flexibility index (Phi) is 4.93. The zero-order chi connectivity index (χ0) is 18.2. The molecule has 1 aromatic heterocycles. The number of halogens is 1. The number of benzene rings is 1. The number of oxazole rings is 1. The van der Waals surface area contributed by atoms with E-state index in [0.29, 0.717) is 47.5 Å². The molecule has 0 spiro atoms. The van der Waals surface area contributed by atoms with E-state index in [2.05, 4.69) is 30.7 Å². The summed E-state index contributed by atoms with van der Waals surface area (Å²) >= 11 is 6.14. The van der Waals surface area contributed by atoms with Crippen molar-refractivity contribution in [3.63, 3.8) is 0 Å². The highest BCUT2D eigenvalue weighted by Crippen LogP contribution is 2.34. The summed E-state index contributed by atoms with van der Waals surface area (Å²) in [6.07, 6.45) is 0. The highest BCUT2D eigenvalue weighted by Gasteiger charge is 2.36. The highest BCUT2D eigenvalue weighted by atomic mass is 35.5. The molecule has 1 atom stereocenters. The van der Waals surface area contributed by atoms with Gasteiger partial charge in [0.2, 0.25) is 0 Å². The largest absolute Gasteiger partial charge is 0.462 e. The minimum Gasteiger partial charge on any atom is -0.462 e. The molecule has 3 rings (SSSR count). The van der Waals surface area contributed by atoms with E-state index < -0.39 is 5.97 Å². The van der Waals surface area contributed by atoms with Gasteiger partial charge in [0.1, 0.15) is 5.52 Å². The Labute approximate surface area is 152 Å². The van der Waals surface area contributed by atoms with Crippen molar-refractivity contribution in [2.24, 2.45) is 5.41 Å². The van der Waals surface area contributed by atoms with Crippen LogP contribution in [0, 0.1) is 5.41 Å². The number of anilines is 1. The second-order valence-electron chi connectivity index (χ2n) is 7.17. The third-order valence-corrected chi connectivity index (χ3v) is 4.54. The molecule has 2 heterocycles. The average molecular weight is 367 g/mol. The number of rotatable bonds is 3. The van der Waals surface area contributed by atoms with Crippen LogP contribution < -0.4 is 4.90 Å². The van der Waals surface area contributed by atoms with Gasteiger partial charge in [-0.1, -0.05) is 32.4 Å². The van der Waals surface area contributed by atoms with Crippen molar-refractivity contribution in [2.75, 3.05) is 31.3 Å². The number of aromatic nitrogens is 1. The van der Waals surface area contributed by atoms with Crippen molar-refractivity contribution >= 4 is 34.7 Å². The van der Waals surface area contributed by atoms with Crippen LogP contribution in [-0.4, -0.2) is 43.4 Å². The molecule has 25 heavy (non-hydrogen) atoms. The molecule has 0 amide bonds. The summed E-state index contributed by atoms with van der Waals surface area (Å²) in [7, 11) is 0. The van der Waals surface area contributed by atoms with Gasteiger partial charge in [-0.15, -0.1) is 0 Å². The Morgan fingerprint density at radius 3 is 2.88 bits per heavy atom. The van der Waals surface area contributed by atoms with Crippen molar-refractivity contribution in [1.29, 1.82) is 0 Å². The van der Waals surface area contributed by atoms with Gasteiger partial charge in [0.05, 0.1) is 31.4 Å². The van der Waals surface area contributed by atoms with Crippen molar-refractivity contribution < 1.29 is 18.7 Å². The maximum absolute atomic E-state index is 12.2. The molecule has 1 fully saturated rings. The van der Waals surface area contributed by atoms with Gasteiger partial charge in [0.25, 0.3) is 6.01 Å². The van der Waals surface area contributed by atoms with Gasteiger partial charge in [0, 0.05) is 17.6 Å². The SMILES string of the molecule is CCOC(=O)c1cc(Cl)cc2oc(N3CCOCC3C(C)(C)C)nc12. The Morgan fingerprint density at radius 1 is 1.44 bits per heavy atom. The standard InChI is InChI=1S/C18H23ClN2O4/c1-5-24-16(22)12-8-11(19)9-13-15(12)20-17(25-13)21-6-7-23-10-14(21)18(2,3)4/h8-9,14H,5-7,10H2,1-4H3. The van der Waals surface area contributed by atoms with E-state index in [1.165, 1.54) is 0 Å². The lowest BCUT2D eigenvalue weighted by molar-refractivity contribution is 0.0527. The van der Waals surface area contributed by atoms with Gasteiger partial charge in [-0.2, -0.15) is 4.98 Å². The summed E-state index contributed by atoms with van der Waals surface area (Å²) in [5.74, 6) is -0.454. The molecule has 7 heteroatoms. The molecule has 6 nitrogen and oxygen atoms in total. The first kappa shape index (κ1) is 18.0. The molecule has 0 saturated carbocycles.